The fraction of sp³-hybridized carbons (Fsp3) is 0. The molecule has 6 nitrogen and oxygen atoms in total. The second-order valence-corrected chi connectivity index (χ2v) is 3.49. The Kier molecular flexibility index (Phi) is 2.89. The molecule has 0 fully saturated rings. The minimum absolute atomic E-state index is 0.330. The lowest BCUT2D eigenvalue weighted by Gasteiger charge is -2.01. The third-order valence-electron chi connectivity index (χ3n) is 2.34. The predicted molar refractivity (Wildman–Crippen MR) is 62.0 cm³/mol. The van der Waals surface area contributed by atoms with Gasteiger partial charge in [0, 0.05) is 5.56 Å². The molecule has 0 amide bonds. The van der Waals surface area contributed by atoms with E-state index >= 15 is 0 Å². The smallest absolute Gasteiger partial charge is 0.341 e. The lowest BCUT2D eigenvalue weighted by molar-refractivity contribution is 0.0694. The molecular formula is C12H7N3O3. The standard InChI is InChI=1S/C12H7N3O3/c13-6-7-1-3-8(4-2-7)10-5-9(12(17)18)11(16)15-14-10/h1-5H,(H,15,16)(H,17,18). The van der Waals surface area contributed by atoms with E-state index in [-0.39, 0.29) is 5.56 Å². The van der Waals surface area contributed by atoms with Crippen molar-refractivity contribution in [2.75, 3.05) is 0 Å². The Morgan fingerprint density at radius 3 is 2.56 bits per heavy atom. The molecule has 0 aliphatic rings. The van der Waals surface area contributed by atoms with Crippen molar-refractivity contribution in [2.24, 2.45) is 0 Å². The lowest BCUT2D eigenvalue weighted by atomic mass is 10.1. The van der Waals surface area contributed by atoms with Crippen LogP contribution >= 0.6 is 0 Å². The number of hydrogen-bond donors (Lipinski definition) is 2. The molecule has 0 aliphatic heterocycles. The maximum atomic E-state index is 11.2. The Hall–Kier alpha value is -2.94. The van der Waals surface area contributed by atoms with Crippen molar-refractivity contribution in [3.8, 4) is 17.3 Å². The largest absolute Gasteiger partial charge is 0.477 e. The lowest BCUT2D eigenvalue weighted by Crippen LogP contribution is -2.18. The summed E-state index contributed by atoms with van der Waals surface area (Å²) in [4.78, 5) is 22.0. The summed E-state index contributed by atoms with van der Waals surface area (Å²) in [6, 6.07) is 9.60. The molecule has 0 radical (unpaired) electrons. The molecule has 0 saturated heterocycles. The van der Waals surface area contributed by atoms with Crippen molar-refractivity contribution in [1.82, 2.24) is 10.2 Å². The Labute approximate surface area is 101 Å². The van der Waals surface area contributed by atoms with Crippen LogP contribution in [0.15, 0.2) is 35.1 Å². The Balaban J connectivity index is 2.51. The Morgan fingerprint density at radius 1 is 1.33 bits per heavy atom. The van der Waals surface area contributed by atoms with Gasteiger partial charge in [-0.3, -0.25) is 4.79 Å². The first kappa shape index (κ1) is 11.5. The normalized spacial score (nSPS) is 9.72. The van der Waals surface area contributed by atoms with Gasteiger partial charge in [-0.05, 0) is 18.2 Å². The van der Waals surface area contributed by atoms with Crippen LogP contribution in [0.25, 0.3) is 11.3 Å². The monoisotopic (exact) mass is 241 g/mol. The molecule has 0 atom stereocenters. The van der Waals surface area contributed by atoms with E-state index < -0.39 is 11.5 Å². The average molecular weight is 241 g/mol. The van der Waals surface area contributed by atoms with Gasteiger partial charge in [0.15, 0.2) is 0 Å². The summed E-state index contributed by atoms with van der Waals surface area (Å²) in [7, 11) is 0. The molecule has 2 rings (SSSR count). The molecule has 0 aliphatic carbocycles. The number of benzene rings is 1. The number of hydrogen-bond acceptors (Lipinski definition) is 4. The zero-order chi connectivity index (χ0) is 13.1. The van der Waals surface area contributed by atoms with Gasteiger partial charge in [-0.1, -0.05) is 12.1 Å². The number of H-pyrrole nitrogens is 1. The van der Waals surface area contributed by atoms with Crippen LogP contribution in [-0.2, 0) is 0 Å². The van der Waals surface area contributed by atoms with Crippen LogP contribution in [0.1, 0.15) is 15.9 Å². The molecule has 18 heavy (non-hydrogen) atoms. The highest BCUT2D eigenvalue weighted by molar-refractivity contribution is 5.88. The highest BCUT2D eigenvalue weighted by atomic mass is 16.4. The van der Waals surface area contributed by atoms with E-state index in [1.807, 2.05) is 6.07 Å². The van der Waals surface area contributed by atoms with Gasteiger partial charge >= 0.3 is 5.97 Å². The van der Waals surface area contributed by atoms with E-state index in [1.165, 1.54) is 6.07 Å². The number of carboxylic acids is 1. The molecule has 1 aromatic carbocycles. The highest BCUT2D eigenvalue weighted by Gasteiger charge is 2.11. The van der Waals surface area contributed by atoms with Crippen LogP contribution in [0.3, 0.4) is 0 Å². The zero-order valence-corrected chi connectivity index (χ0v) is 9.04. The summed E-state index contributed by atoms with van der Waals surface area (Å²) < 4.78 is 0. The number of nitrogens with one attached hydrogen (secondary N) is 1. The number of rotatable bonds is 2. The van der Waals surface area contributed by atoms with E-state index in [2.05, 4.69) is 10.2 Å². The maximum absolute atomic E-state index is 11.2. The number of aromatic carboxylic acids is 1. The predicted octanol–water partition coefficient (Wildman–Crippen LogP) is 1.01. The van der Waals surface area contributed by atoms with Crippen molar-refractivity contribution in [1.29, 1.82) is 5.26 Å². The van der Waals surface area contributed by atoms with Gasteiger partial charge in [-0.25, -0.2) is 9.89 Å². The summed E-state index contributed by atoms with van der Waals surface area (Å²) in [5.74, 6) is -1.31. The van der Waals surface area contributed by atoms with Crippen LogP contribution in [0.4, 0.5) is 0 Å². The minimum Gasteiger partial charge on any atom is -0.477 e. The fourth-order valence-corrected chi connectivity index (χ4v) is 1.43. The van der Waals surface area contributed by atoms with Gasteiger partial charge in [-0.2, -0.15) is 10.4 Å². The third-order valence-corrected chi connectivity index (χ3v) is 2.34. The minimum atomic E-state index is -1.31. The van der Waals surface area contributed by atoms with Gasteiger partial charge in [-0.15, -0.1) is 0 Å². The number of aromatic amines is 1. The van der Waals surface area contributed by atoms with E-state index in [9.17, 15) is 9.59 Å². The first-order valence-electron chi connectivity index (χ1n) is 4.95. The van der Waals surface area contributed by atoms with Gasteiger partial charge in [0.2, 0.25) is 0 Å². The SMILES string of the molecule is N#Cc1ccc(-c2cc(C(=O)O)c(=O)[nH]n2)cc1. The number of carboxylic acid groups (broad SMARTS) is 1. The van der Waals surface area contributed by atoms with E-state index in [0.717, 1.165) is 0 Å². The summed E-state index contributed by atoms with van der Waals surface area (Å²) in [6.45, 7) is 0. The Bertz CT molecular complexity index is 696. The Morgan fingerprint density at radius 2 is 2.00 bits per heavy atom. The van der Waals surface area contributed by atoms with E-state index in [4.69, 9.17) is 10.4 Å². The van der Waals surface area contributed by atoms with Crippen molar-refractivity contribution >= 4 is 5.97 Å². The number of carbonyl (C=O) groups is 1. The third kappa shape index (κ3) is 2.10. The molecule has 0 unspecified atom stereocenters. The van der Waals surface area contributed by atoms with Crippen LogP contribution in [0.5, 0.6) is 0 Å². The van der Waals surface area contributed by atoms with E-state index in [0.29, 0.717) is 16.8 Å². The van der Waals surface area contributed by atoms with Gasteiger partial charge in [0.1, 0.15) is 5.56 Å². The molecule has 1 heterocycles. The molecule has 0 saturated carbocycles. The highest BCUT2D eigenvalue weighted by Crippen LogP contribution is 2.16. The van der Waals surface area contributed by atoms with Crippen LogP contribution in [-0.4, -0.2) is 21.3 Å². The molecule has 2 N–H and O–H groups in total. The molecule has 6 heteroatoms. The summed E-state index contributed by atoms with van der Waals surface area (Å²) in [6.07, 6.45) is 0. The number of aromatic nitrogens is 2. The van der Waals surface area contributed by atoms with Gasteiger partial charge in [0.25, 0.3) is 5.56 Å². The van der Waals surface area contributed by atoms with Gasteiger partial charge in [0.05, 0.1) is 17.3 Å². The topological polar surface area (TPSA) is 107 Å². The first-order valence-corrected chi connectivity index (χ1v) is 4.95. The van der Waals surface area contributed by atoms with Crippen molar-refractivity contribution < 1.29 is 9.90 Å². The van der Waals surface area contributed by atoms with Crippen molar-refractivity contribution in [2.45, 2.75) is 0 Å². The van der Waals surface area contributed by atoms with Crippen LogP contribution < -0.4 is 5.56 Å². The van der Waals surface area contributed by atoms with Crippen LogP contribution in [0.2, 0.25) is 0 Å². The molecule has 0 bridgehead atoms. The first-order chi connectivity index (χ1) is 8.61. The zero-order valence-electron chi connectivity index (χ0n) is 9.04. The number of nitriles is 1. The summed E-state index contributed by atoms with van der Waals surface area (Å²) in [5, 5.41) is 23.4. The second-order valence-electron chi connectivity index (χ2n) is 3.49. The molecular weight excluding hydrogens is 234 g/mol. The maximum Gasteiger partial charge on any atom is 0.341 e. The molecule has 0 spiro atoms. The quantitative estimate of drug-likeness (QED) is 0.815. The van der Waals surface area contributed by atoms with Crippen molar-refractivity contribution in [3.05, 3.63) is 51.8 Å². The molecule has 1 aromatic heterocycles. The number of nitrogens with zero attached hydrogens (tertiary/aromatic N) is 2. The molecule has 2 aromatic rings. The average Bonchev–Trinajstić information content (AvgIpc) is 2.39. The van der Waals surface area contributed by atoms with Crippen LogP contribution in [0, 0.1) is 11.3 Å². The summed E-state index contributed by atoms with van der Waals surface area (Å²) >= 11 is 0. The van der Waals surface area contributed by atoms with Gasteiger partial charge < -0.3 is 5.11 Å². The van der Waals surface area contributed by atoms with Crippen molar-refractivity contribution in [3.63, 3.8) is 0 Å². The molecule has 88 valence electrons. The van der Waals surface area contributed by atoms with E-state index in [1.54, 1.807) is 24.3 Å². The second kappa shape index (κ2) is 4.51. The summed E-state index contributed by atoms with van der Waals surface area (Å²) in [5.41, 5.74) is 0.315. The fourth-order valence-electron chi connectivity index (χ4n) is 1.43.